The molecule has 0 atom stereocenters. The zero-order chi connectivity index (χ0) is 17.3. The molecule has 0 bridgehead atoms. The van der Waals surface area contributed by atoms with Gasteiger partial charge in [0, 0.05) is 38.4 Å². The smallest absolute Gasteiger partial charge is 0.161 e. The van der Waals surface area contributed by atoms with Crippen molar-refractivity contribution in [3.05, 3.63) is 53.1 Å². The van der Waals surface area contributed by atoms with Crippen LogP contribution >= 0.6 is 0 Å². The summed E-state index contributed by atoms with van der Waals surface area (Å²) < 4.78 is 11.3. The van der Waals surface area contributed by atoms with Gasteiger partial charge in [0.05, 0.1) is 0 Å². The first-order valence-corrected chi connectivity index (χ1v) is 9.83. The van der Waals surface area contributed by atoms with E-state index in [1.165, 1.54) is 48.3 Å². The van der Waals surface area contributed by atoms with Gasteiger partial charge in [0.15, 0.2) is 11.5 Å². The highest BCUT2D eigenvalue weighted by atomic mass is 16.6. The molecule has 0 radical (unpaired) electrons. The lowest BCUT2D eigenvalue weighted by molar-refractivity contribution is 0.171. The number of hydrogen-bond acceptors (Lipinski definition) is 4. The summed E-state index contributed by atoms with van der Waals surface area (Å²) in [5.41, 5.74) is 5.73. The Morgan fingerprint density at radius 3 is 2.54 bits per heavy atom. The molecule has 136 valence electrons. The van der Waals surface area contributed by atoms with Gasteiger partial charge in [-0.05, 0) is 60.2 Å². The van der Waals surface area contributed by atoms with E-state index in [0.29, 0.717) is 13.2 Å². The van der Waals surface area contributed by atoms with E-state index in [0.717, 1.165) is 37.6 Å². The number of benzene rings is 2. The third-order valence-electron chi connectivity index (χ3n) is 5.77. The molecule has 1 saturated heterocycles. The first-order valence-electron chi connectivity index (χ1n) is 9.83. The van der Waals surface area contributed by atoms with Gasteiger partial charge in [-0.3, -0.25) is 4.90 Å². The Bertz CT molecular complexity index is 799. The second kappa shape index (κ2) is 6.84. The number of nitrogens with zero attached hydrogens (tertiary/aromatic N) is 2. The highest BCUT2D eigenvalue weighted by Gasteiger charge is 2.20. The molecular formula is C22H26N2O2. The minimum atomic E-state index is 0.646. The van der Waals surface area contributed by atoms with Gasteiger partial charge in [-0.1, -0.05) is 12.1 Å². The number of ether oxygens (including phenoxy) is 2. The third-order valence-corrected chi connectivity index (χ3v) is 5.77. The summed E-state index contributed by atoms with van der Waals surface area (Å²) in [5, 5.41) is 0. The number of hydrogen-bond donors (Lipinski definition) is 0. The molecule has 3 aliphatic rings. The van der Waals surface area contributed by atoms with E-state index >= 15 is 0 Å². The molecule has 1 fully saturated rings. The minimum Gasteiger partial charge on any atom is -0.486 e. The van der Waals surface area contributed by atoms with Crippen LogP contribution in [0.15, 0.2) is 36.4 Å². The second-order valence-electron chi connectivity index (χ2n) is 7.59. The summed E-state index contributed by atoms with van der Waals surface area (Å²) in [6, 6.07) is 13.4. The van der Waals surface area contributed by atoms with Crippen LogP contribution in [0.3, 0.4) is 0 Å². The van der Waals surface area contributed by atoms with Crippen molar-refractivity contribution in [1.82, 2.24) is 4.90 Å². The monoisotopic (exact) mass is 350 g/mol. The summed E-state index contributed by atoms with van der Waals surface area (Å²) in [5.74, 6) is 1.76. The van der Waals surface area contributed by atoms with Gasteiger partial charge >= 0.3 is 0 Å². The predicted molar refractivity (Wildman–Crippen MR) is 103 cm³/mol. The molecule has 0 aromatic heterocycles. The Labute approximate surface area is 155 Å². The van der Waals surface area contributed by atoms with Crippen LogP contribution in [0.4, 0.5) is 5.69 Å². The summed E-state index contributed by atoms with van der Waals surface area (Å²) >= 11 is 0. The molecule has 2 aromatic rings. The predicted octanol–water partition coefficient (Wildman–Crippen LogP) is 3.62. The fourth-order valence-corrected chi connectivity index (χ4v) is 4.35. The summed E-state index contributed by atoms with van der Waals surface area (Å²) in [6.45, 7) is 6.84. The highest BCUT2D eigenvalue weighted by Crippen LogP contribution is 2.32. The lowest BCUT2D eigenvalue weighted by atomic mass is 9.98. The standard InChI is InChI=1S/C22H26N2O2/c1-2-9-24(8-1)20-5-4-19-16-23(10-7-18(19)14-20)15-17-3-6-21-22(13-17)26-12-11-25-21/h3-6,13-14H,1-2,7-12,15-16H2. The molecule has 5 rings (SSSR count). The Morgan fingerprint density at radius 2 is 1.65 bits per heavy atom. The molecule has 0 N–H and O–H groups in total. The zero-order valence-corrected chi connectivity index (χ0v) is 15.2. The van der Waals surface area contributed by atoms with Gasteiger partial charge in [0.25, 0.3) is 0 Å². The largest absolute Gasteiger partial charge is 0.486 e. The number of anilines is 1. The van der Waals surface area contributed by atoms with Crippen molar-refractivity contribution in [1.29, 1.82) is 0 Å². The van der Waals surface area contributed by atoms with Crippen molar-refractivity contribution in [2.75, 3.05) is 37.7 Å². The van der Waals surface area contributed by atoms with Crippen LogP contribution in [0.2, 0.25) is 0 Å². The Balaban J connectivity index is 1.28. The highest BCUT2D eigenvalue weighted by molar-refractivity contribution is 5.52. The van der Waals surface area contributed by atoms with Gasteiger partial charge in [-0.2, -0.15) is 0 Å². The second-order valence-corrected chi connectivity index (χ2v) is 7.59. The molecule has 4 heteroatoms. The number of fused-ring (bicyclic) bond motifs is 2. The van der Waals surface area contributed by atoms with Crippen LogP contribution in [-0.4, -0.2) is 37.7 Å². The Kier molecular flexibility index (Phi) is 4.21. The fraction of sp³-hybridized carbons (Fsp3) is 0.455. The van der Waals surface area contributed by atoms with Crippen LogP contribution < -0.4 is 14.4 Å². The van der Waals surface area contributed by atoms with Gasteiger partial charge in [-0.15, -0.1) is 0 Å². The quantitative estimate of drug-likeness (QED) is 0.844. The van der Waals surface area contributed by atoms with E-state index < -0.39 is 0 Å². The van der Waals surface area contributed by atoms with Crippen LogP contribution in [0.1, 0.15) is 29.5 Å². The molecule has 0 aliphatic carbocycles. The molecule has 0 spiro atoms. The van der Waals surface area contributed by atoms with E-state index in [2.05, 4.69) is 40.1 Å². The summed E-state index contributed by atoms with van der Waals surface area (Å²) in [6.07, 6.45) is 3.81. The lowest BCUT2D eigenvalue weighted by Gasteiger charge is -2.30. The molecule has 26 heavy (non-hydrogen) atoms. The fourth-order valence-electron chi connectivity index (χ4n) is 4.35. The zero-order valence-electron chi connectivity index (χ0n) is 15.2. The van der Waals surface area contributed by atoms with Crippen molar-refractivity contribution in [2.24, 2.45) is 0 Å². The normalized spacial score (nSPS) is 19.5. The Morgan fingerprint density at radius 1 is 0.808 bits per heavy atom. The molecule has 3 heterocycles. The maximum atomic E-state index is 5.72. The van der Waals surface area contributed by atoms with E-state index in [4.69, 9.17) is 9.47 Å². The molecular weight excluding hydrogens is 324 g/mol. The first kappa shape index (κ1) is 16.0. The SMILES string of the molecule is c1cc2c(cc1CN1CCc3cc(N4CCCC4)ccc3C1)OCCO2. The molecule has 0 unspecified atom stereocenters. The molecule has 2 aromatic carbocycles. The van der Waals surface area contributed by atoms with Crippen molar-refractivity contribution < 1.29 is 9.47 Å². The molecule has 4 nitrogen and oxygen atoms in total. The average Bonchev–Trinajstić information content (AvgIpc) is 3.22. The van der Waals surface area contributed by atoms with Gasteiger partial charge < -0.3 is 14.4 Å². The third kappa shape index (κ3) is 3.14. The van der Waals surface area contributed by atoms with Gasteiger partial charge in [0.2, 0.25) is 0 Å². The van der Waals surface area contributed by atoms with E-state index in [9.17, 15) is 0 Å². The van der Waals surface area contributed by atoms with Crippen LogP contribution in [0.25, 0.3) is 0 Å². The van der Waals surface area contributed by atoms with E-state index in [-0.39, 0.29) is 0 Å². The Hall–Kier alpha value is -2.20. The minimum absolute atomic E-state index is 0.646. The van der Waals surface area contributed by atoms with Crippen molar-refractivity contribution in [3.63, 3.8) is 0 Å². The van der Waals surface area contributed by atoms with E-state index in [1.807, 2.05) is 6.07 Å². The summed E-state index contributed by atoms with van der Waals surface area (Å²) in [4.78, 5) is 5.06. The van der Waals surface area contributed by atoms with Crippen LogP contribution in [0, 0.1) is 0 Å². The van der Waals surface area contributed by atoms with E-state index in [1.54, 1.807) is 0 Å². The summed E-state index contributed by atoms with van der Waals surface area (Å²) in [7, 11) is 0. The molecule has 3 aliphatic heterocycles. The van der Waals surface area contributed by atoms with Crippen LogP contribution in [0.5, 0.6) is 11.5 Å². The van der Waals surface area contributed by atoms with Crippen molar-refractivity contribution in [3.8, 4) is 11.5 Å². The number of rotatable bonds is 3. The lowest BCUT2D eigenvalue weighted by Crippen LogP contribution is -2.30. The first-order chi connectivity index (χ1) is 12.8. The van der Waals surface area contributed by atoms with Crippen molar-refractivity contribution in [2.45, 2.75) is 32.4 Å². The molecule has 0 amide bonds. The van der Waals surface area contributed by atoms with Gasteiger partial charge in [-0.25, -0.2) is 0 Å². The van der Waals surface area contributed by atoms with Crippen LogP contribution in [-0.2, 0) is 19.5 Å². The van der Waals surface area contributed by atoms with Gasteiger partial charge in [0.1, 0.15) is 13.2 Å². The maximum Gasteiger partial charge on any atom is 0.161 e. The maximum absolute atomic E-state index is 5.72. The topological polar surface area (TPSA) is 24.9 Å². The molecule has 0 saturated carbocycles. The average molecular weight is 350 g/mol. The van der Waals surface area contributed by atoms with Crippen molar-refractivity contribution >= 4 is 5.69 Å².